The number of aryl methyl sites for hydroxylation is 1. The first-order valence-electron chi connectivity index (χ1n) is 6.16. The summed E-state index contributed by atoms with van der Waals surface area (Å²) in [6.07, 6.45) is 2.53. The highest BCUT2D eigenvalue weighted by molar-refractivity contribution is 8.00. The minimum Gasteiger partial charge on any atom is -0.360 e. The number of carbonyl (C=O) groups excluding carboxylic acids is 2. The second-order valence-electron chi connectivity index (χ2n) is 4.37. The predicted molar refractivity (Wildman–Crippen MR) is 78.8 cm³/mol. The van der Waals surface area contributed by atoms with Crippen molar-refractivity contribution in [3.8, 4) is 0 Å². The standard InChI is InChI=1S/C14H11N3O3S/c1-9-8-12(15-20-9)16-21-11-4-2-10(3-5-11)17-13(18)6-7-14(17)19/h2-8H,1H3,(H,15,16). The summed E-state index contributed by atoms with van der Waals surface area (Å²) in [4.78, 5) is 25.2. The zero-order valence-corrected chi connectivity index (χ0v) is 11.9. The Bertz CT molecular complexity index is 703. The van der Waals surface area contributed by atoms with Crippen LogP contribution >= 0.6 is 11.9 Å². The summed E-state index contributed by atoms with van der Waals surface area (Å²) in [7, 11) is 0. The molecule has 1 aromatic carbocycles. The van der Waals surface area contributed by atoms with E-state index in [4.69, 9.17) is 4.52 Å². The van der Waals surface area contributed by atoms with Crippen LogP contribution in [0.15, 0.2) is 51.9 Å². The number of hydrogen-bond acceptors (Lipinski definition) is 6. The van der Waals surface area contributed by atoms with Crippen LogP contribution in [0.5, 0.6) is 0 Å². The Morgan fingerprint density at radius 3 is 2.38 bits per heavy atom. The van der Waals surface area contributed by atoms with Gasteiger partial charge in [0.15, 0.2) is 5.82 Å². The molecule has 0 fully saturated rings. The molecule has 3 rings (SSSR count). The highest BCUT2D eigenvalue weighted by atomic mass is 32.2. The van der Waals surface area contributed by atoms with Crippen molar-refractivity contribution in [2.45, 2.75) is 11.8 Å². The monoisotopic (exact) mass is 301 g/mol. The molecule has 0 unspecified atom stereocenters. The number of aromatic nitrogens is 1. The number of amides is 2. The van der Waals surface area contributed by atoms with Gasteiger partial charge in [-0.2, -0.15) is 0 Å². The van der Waals surface area contributed by atoms with E-state index in [0.717, 1.165) is 15.6 Å². The van der Waals surface area contributed by atoms with Crippen molar-refractivity contribution in [1.29, 1.82) is 0 Å². The lowest BCUT2D eigenvalue weighted by atomic mass is 10.3. The first-order valence-corrected chi connectivity index (χ1v) is 6.97. The van der Waals surface area contributed by atoms with Crippen molar-refractivity contribution in [3.05, 3.63) is 48.2 Å². The van der Waals surface area contributed by atoms with E-state index in [2.05, 4.69) is 9.88 Å². The fraction of sp³-hybridized carbons (Fsp3) is 0.0714. The molecule has 1 N–H and O–H groups in total. The van der Waals surface area contributed by atoms with Gasteiger partial charge in [-0.3, -0.25) is 9.59 Å². The van der Waals surface area contributed by atoms with Gasteiger partial charge >= 0.3 is 0 Å². The van der Waals surface area contributed by atoms with Gasteiger partial charge in [-0.15, -0.1) is 0 Å². The zero-order chi connectivity index (χ0) is 14.8. The molecular weight excluding hydrogens is 290 g/mol. The molecule has 0 bridgehead atoms. The average molecular weight is 301 g/mol. The second-order valence-corrected chi connectivity index (χ2v) is 5.25. The fourth-order valence-corrected chi connectivity index (χ4v) is 2.43. The second kappa shape index (κ2) is 5.45. The van der Waals surface area contributed by atoms with Crippen LogP contribution < -0.4 is 9.62 Å². The van der Waals surface area contributed by atoms with Crippen LogP contribution in [0.4, 0.5) is 11.5 Å². The topological polar surface area (TPSA) is 75.4 Å². The number of nitrogens with one attached hydrogen (secondary N) is 1. The summed E-state index contributed by atoms with van der Waals surface area (Å²) in [5.41, 5.74) is 0.552. The highest BCUT2D eigenvalue weighted by Gasteiger charge is 2.24. The van der Waals surface area contributed by atoms with Crippen LogP contribution in [0, 0.1) is 6.92 Å². The summed E-state index contributed by atoms with van der Waals surface area (Å²) < 4.78 is 7.99. The number of rotatable bonds is 4. The third-order valence-corrected chi connectivity index (χ3v) is 3.62. The van der Waals surface area contributed by atoms with Gasteiger partial charge in [0.2, 0.25) is 0 Å². The molecule has 1 aliphatic rings. The first kappa shape index (κ1) is 13.4. The van der Waals surface area contributed by atoms with Crippen LogP contribution in [0.25, 0.3) is 0 Å². The van der Waals surface area contributed by atoms with E-state index in [0.29, 0.717) is 11.5 Å². The quantitative estimate of drug-likeness (QED) is 0.691. The van der Waals surface area contributed by atoms with E-state index in [-0.39, 0.29) is 11.8 Å². The van der Waals surface area contributed by atoms with Crippen molar-refractivity contribution < 1.29 is 14.1 Å². The lowest BCUT2D eigenvalue weighted by Gasteiger charge is -2.13. The number of benzene rings is 1. The normalized spacial score (nSPS) is 14.0. The smallest absolute Gasteiger partial charge is 0.258 e. The van der Waals surface area contributed by atoms with Crippen molar-refractivity contribution in [2.24, 2.45) is 0 Å². The third-order valence-electron chi connectivity index (χ3n) is 2.81. The van der Waals surface area contributed by atoms with Crippen LogP contribution in [0.3, 0.4) is 0 Å². The molecule has 2 heterocycles. The van der Waals surface area contributed by atoms with Crippen LogP contribution in [0.2, 0.25) is 0 Å². The Morgan fingerprint density at radius 1 is 1.14 bits per heavy atom. The molecule has 1 aromatic heterocycles. The minimum absolute atomic E-state index is 0.323. The molecule has 2 amide bonds. The fourth-order valence-electron chi connectivity index (χ4n) is 1.84. The van der Waals surface area contributed by atoms with Gasteiger partial charge in [-0.05, 0) is 43.1 Å². The van der Waals surface area contributed by atoms with Gasteiger partial charge in [-0.25, -0.2) is 4.90 Å². The largest absolute Gasteiger partial charge is 0.360 e. The predicted octanol–water partition coefficient (Wildman–Crippen LogP) is 2.53. The summed E-state index contributed by atoms with van der Waals surface area (Å²) in [6.45, 7) is 1.82. The highest BCUT2D eigenvalue weighted by Crippen LogP contribution is 2.25. The number of nitrogens with zero attached hydrogens (tertiary/aromatic N) is 2. The number of carbonyl (C=O) groups is 2. The van der Waals surface area contributed by atoms with E-state index < -0.39 is 0 Å². The van der Waals surface area contributed by atoms with Crippen LogP contribution in [-0.4, -0.2) is 17.0 Å². The maximum absolute atomic E-state index is 11.6. The van der Waals surface area contributed by atoms with Crippen molar-refractivity contribution >= 4 is 35.3 Å². The molecule has 1 aliphatic heterocycles. The molecule has 6 nitrogen and oxygen atoms in total. The van der Waals surface area contributed by atoms with E-state index >= 15 is 0 Å². The Balaban J connectivity index is 1.67. The molecule has 106 valence electrons. The van der Waals surface area contributed by atoms with Gasteiger partial charge < -0.3 is 9.25 Å². The molecule has 7 heteroatoms. The molecular formula is C14H11N3O3S. The molecule has 0 saturated carbocycles. The van der Waals surface area contributed by atoms with E-state index in [1.165, 1.54) is 24.1 Å². The Labute approximate surface area is 124 Å². The Morgan fingerprint density at radius 2 is 1.81 bits per heavy atom. The van der Waals surface area contributed by atoms with Crippen LogP contribution in [0.1, 0.15) is 5.76 Å². The maximum Gasteiger partial charge on any atom is 0.258 e. The Hall–Kier alpha value is -2.54. The van der Waals surface area contributed by atoms with E-state index in [1.807, 2.05) is 19.1 Å². The number of anilines is 2. The minimum atomic E-state index is -0.323. The average Bonchev–Trinajstić information content (AvgIpc) is 3.04. The van der Waals surface area contributed by atoms with Gasteiger partial charge in [0.25, 0.3) is 11.8 Å². The van der Waals surface area contributed by atoms with Crippen LogP contribution in [-0.2, 0) is 9.59 Å². The molecule has 0 aliphatic carbocycles. The lowest BCUT2D eigenvalue weighted by molar-refractivity contribution is -0.119. The summed E-state index contributed by atoms with van der Waals surface area (Å²) in [5.74, 6) is 0.718. The van der Waals surface area contributed by atoms with Crippen molar-refractivity contribution in [1.82, 2.24) is 5.16 Å². The number of hydrogen-bond donors (Lipinski definition) is 1. The lowest BCUT2D eigenvalue weighted by Crippen LogP contribution is -2.29. The zero-order valence-electron chi connectivity index (χ0n) is 11.1. The molecule has 0 radical (unpaired) electrons. The summed E-state index contributed by atoms with van der Waals surface area (Å²) in [6, 6.07) is 8.87. The van der Waals surface area contributed by atoms with E-state index in [9.17, 15) is 9.59 Å². The molecule has 21 heavy (non-hydrogen) atoms. The summed E-state index contributed by atoms with van der Waals surface area (Å²) >= 11 is 1.36. The third kappa shape index (κ3) is 2.82. The van der Waals surface area contributed by atoms with Crippen molar-refractivity contribution in [3.63, 3.8) is 0 Å². The molecule has 2 aromatic rings. The molecule has 0 spiro atoms. The Kier molecular flexibility index (Phi) is 3.49. The van der Waals surface area contributed by atoms with Gasteiger partial charge in [-0.1, -0.05) is 5.16 Å². The van der Waals surface area contributed by atoms with E-state index in [1.54, 1.807) is 18.2 Å². The molecule has 0 atom stereocenters. The van der Waals surface area contributed by atoms with Gasteiger partial charge in [0, 0.05) is 23.1 Å². The first-order chi connectivity index (χ1) is 10.1. The molecule has 0 saturated heterocycles. The van der Waals surface area contributed by atoms with Gasteiger partial charge in [0.05, 0.1) is 5.69 Å². The summed E-state index contributed by atoms with van der Waals surface area (Å²) in [5, 5.41) is 3.82. The van der Waals surface area contributed by atoms with Crippen molar-refractivity contribution in [2.75, 3.05) is 9.62 Å². The van der Waals surface area contributed by atoms with Gasteiger partial charge in [0.1, 0.15) is 5.76 Å². The maximum atomic E-state index is 11.6. The number of imide groups is 1. The SMILES string of the molecule is Cc1cc(NSc2ccc(N3C(=O)C=CC3=O)cc2)no1.